The highest BCUT2D eigenvalue weighted by atomic mass is 32.2. The maximum atomic E-state index is 13.2. The molecule has 3 heterocycles. The van der Waals surface area contributed by atoms with Crippen molar-refractivity contribution < 1.29 is 17.9 Å². The molecule has 1 aromatic heterocycles. The Morgan fingerprint density at radius 2 is 1.91 bits per heavy atom. The number of sulfonamides is 1. The van der Waals surface area contributed by atoms with Gasteiger partial charge < -0.3 is 9.64 Å². The number of para-hydroxylation sites is 1. The Bertz CT molecular complexity index is 1300. The van der Waals surface area contributed by atoms with Crippen molar-refractivity contribution in [1.29, 1.82) is 0 Å². The zero-order chi connectivity index (χ0) is 24.4. The lowest BCUT2D eigenvalue weighted by Crippen LogP contribution is -2.55. The van der Waals surface area contributed by atoms with Crippen LogP contribution in [0, 0.1) is 0 Å². The fourth-order valence-electron chi connectivity index (χ4n) is 4.93. The lowest BCUT2D eigenvalue weighted by molar-refractivity contribution is 0.0279. The van der Waals surface area contributed by atoms with Crippen molar-refractivity contribution in [2.24, 2.45) is 0 Å². The zero-order valence-corrected chi connectivity index (χ0v) is 20.6. The summed E-state index contributed by atoms with van der Waals surface area (Å²) in [5, 5.41) is 0.751. The molecule has 184 valence electrons. The number of carbonyl (C=O) groups is 1. The van der Waals surface area contributed by atoms with Crippen molar-refractivity contribution in [1.82, 2.24) is 14.8 Å². The summed E-state index contributed by atoms with van der Waals surface area (Å²) in [6, 6.07) is 15.3. The number of piperazine rings is 1. The molecule has 0 saturated carbocycles. The predicted octanol–water partition coefficient (Wildman–Crippen LogP) is 3.36. The zero-order valence-electron chi connectivity index (χ0n) is 19.8. The molecule has 1 N–H and O–H groups in total. The number of anilines is 1. The highest BCUT2D eigenvalue weighted by Gasteiger charge is 2.30. The molecule has 0 aliphatic carbocycles. The molecule has 0 radical (unpaired) electrons. The topological polar surface area (TPSA) is 91.8 Å². The van der Waals surface area contributed by atoms with Gasteiger partial charge in [-0.15, -0.1) is 0 Å². The molecule has 3 aromatic rings. The van der Waals surface area contributed by atoms with E-state index in [1.165, 1.54) is 6.07 Å². The number of carbonyl (C=O) groups excluding carboxylic acids is 1. The van der Waals surface area contributed by atoms with Gasteiger partial charge in [-0.1, -0.05) is 18.2 Å². The molecule has 9 heteroatoms. The minimum atomic E-state index is -3.84. The van der Waals surface area contributed by atoms with Crippen molar-refractivity contribution in [3.63, 3.8) is 0 Å². The van der Waals surface area contributed by atoms with Crippen LogP contribution in [0.1, 0.15) is 30.1 Å². The van der Waals surface area contributed by atoms with E-state index in [-0.39, 0.29) is 16.8 Å². The molecule has 0 bridgehead atoms. The number of pyridine rings is 1. The Morgan fingerprint density at radius 3 is 2.66 bits per heavy atom. The van der Waals surface area contributed by atoms with Crippen LogP contribution in [-0.4, -0.2) is 74.0 Å². The normalized spacial score (nSPS) is 21.3. The second-order valence-electron chi connectivity index (χ2n) is 9.26. The third-order valence-corrected chi connectivity index (χ3v) is 8.14. The summed E-state index contributed by atoms with van der Waals surface area (Å²) in [5.74, 6) is -0.0399. The second-order valence-corrected chi connectivity index (χ2v) is 10.9. The summed E-state index contributed by atoms with van der Waals surface area (Å²) in [7, 11) is -3.84. The maximum absolute atomic E-state index is 13.2. The average molecular weight is 495 g/mol. The van der Waals surface area contributed by atoms with E-state index >= 15 is 0 Å². The van der Waals surface area contributed by atoms with Gasteiger partial charge in [0.05, 0.1) is 11.6 Å². The van der Waals surface area contributed by atoms with E-state index in [2.05, 4.69) is 21.5 Å². The van der Waals surface area contributed by atoms with Crippen LogP contribution in [0.15, 0.2) is 65.7 Å². The van der Waals surface area contributed by atoms with E-state index < -0.39 is 10.0 Å². The van der Waals surface area contributed by atoms with E-state index in [9.17, 15) is 13.2 Å². The average Bonchev–Trinajstić information content (AvgIpc) is 3.37. The fourth-order valence-corrected chi connectivity index (χ4v) is 6.17. The highest BCUT2D eigenvalue weighted by Crippen LogP contribution is 2.24. The maximum Gasteiger partial charge on any atom is 0.264 e. The molecule has 2 aromatic carbocycles. The fraction of sp³-hybridized carbons (Fsp3) is 0.385. The van der Waals surface area contributed by atoms with Gasteiger partial charge in [-0.05, 0) is 56.2 Å². The van der Waals surface area contributed by atoms with Crippen molar-refractivity contribution >= 4 is 32.5 Å². The van der Waals surface area contributed by atoms with Crippen LogP contribution in [0.25, 0.3) is 10.9 Å². The van der Waals surface area contributed by atoms with Crippen LogP contribution in [0.2, 0.25) is 0 Å². The Kier molecular flexibility index (Phi) is 6.73. The number of aromatic nitrogens is 1. The molecule has 2 atom stereocenters. The van der Waals surface area contributed by atoms with Crippen LogP contribution in [-0.2, 0) is 14.8 Å². The van der Waals surface area contributed by atoms with Gasteiger partial charge in [0.1, 0.15) is 4.90 Å². The van der Waals surface area contributed by atoms with Gasteiger partial charge in [0.2, 0.25) is 0 Å². The third-order valence-electron chi connectivity index (χ3n) is 6.73. The predicted molar refractivity (Wildman–Crippen MR) is 135 cm³/mol. The lowest BCUT2D eigenvalue weighted by atomic mass is 10.1. The molecule has 0 spiro atoms. The minimum Gasteiger partial charge on any atom is -0.377 e. The molecule has 5 rings (SSSR count). The summed E-state index contributed by atoms with van der Waals surface area (Å²) in [6.45, 7) is 6.15. The largest absolute Gasteiger partial charge is 0.377 e. The number of amides is 1. The number of ether oxygens (including phenoxy) is 1. The van der Waals surface area contributed by atoms with Crippen LogP contribution in [0.3, 0.4) is 0 Å². The van der Waals surface area contributed by atoms with Crippen LogP contribution >= 0.6 is 0 Å². The second kappa shape index (κ2) is 9.93. The first-order chi connectivity index (χ1) is 16.9. The number of hydrogen-bond donors (Lipinski definition) is 1. The minimum absolute atomic E-state index is 0.0399. The van der Waals surface area contributed by atoms with Gasteiger partial charge in [0.25, 0.3) is 15.9 Å². The number of nitrogens with one attached hydrogen (secondary N) is 1. The lowest BCUT2D eigenvalue weighted by Gasteiger charge is -2.40. The van der Waals surface area contributed by atoms with Gasteiger partial charge in [-0.2, -0.15) is 0 Å². The Morgan fingerprint density at radius 1 is 1.11 bits per heavy atom. The molecule has 2 fully saturated rings. The van der Waals surface area contributed by atoms with Crippen LogP contribution in [0.4, 0.5) is 5.69 Å². The molecular weight excluding hydrogens is 464 g/mol. The Hall–Kier alpha value is -3.01. The molecular formula is C26H30N4O4S. The van der Waals surface area contributed by atoms with Crippen molar-refractivity contribution in [2.45, 2.75) is 36.8 Å². The number of rotatable bonds is 6. The molecule has 2 aliphatic rings. The summed E-state index contributed by atoms with van der Waals surface area (Å²) < 4.78 is 34.4. The van der Waals surface area contributed by atoms with Crippen molar-refractivity contribution in [3.8, 4) is 0 Å². The van der Waals surface area contributed by atoms with E-state index in [1.807, 2.05) is 17.0 Å². The van der Waals surface area contributed by atoms with E-state index in [1.54, 1.807) is 42.6 Å². The third kappa shape index (κ3) is 5.17. The highest BCUT2D eigenvalue weighted by molar-refractivity contribution is 7.93. The van der Waals surface area contributed by atoms with Crippen molar-refractivity contribution in [3.05, 3.63) is 66.4 Å². The summed E-state index contributed by atoms with van der Waals surface area (Å²) in [5.41, 5.74) is 1.35. The molecule has 8 nitrogen and oxygen atoms in total. The smallest absolute Gasteiger partial charge is 0.264 e. The van der Waals surface area contributed by atoms with Gasteiger partial charge in [0, 0.05) is 61.7 Å². The quantitative estimate of drug-likeness (QED) is 0.565. The monoisotopic (exact) mass is 494 g/mol. The molecule has 1 amide bonds. The number of hydrogen-bond acceptors (Lipinski definition) is 6. The number of fused-ring (bicyclic) bond motifs is 1. The van der Waals surface area contributed by atoms with E-state index in [0.717, 1.165) is 44.5 Å². The molecule has 35 heavy (non-hydrogen) atoms. The Labute approximate surface area is 205 Å². The van der Waals surface area contributed by atoms with Crippen molar-refractivity contribution in [2.75, 3.05) is 37.5 Å². The standard InChI is InChI=1S/C26H30N4O4S/c1-19-17-29(18-23-7-4-16-34-23)14-15-30(19)26(31)21-9-11-22(12-10-21)28-35(32,33)24-8-2-5-20-6-3-13-27-25(20)24/h2-3,5-6,8-13,19,23,28H,4,7,14-18H2,1H3/t19-,23+/m1/s1. The molecule has 2 saturated heterocycles. The van der Waals surface area contributed by atoms with Gasteiger partial charge in [-0.3, -0.25) is 19.4 Å². The van der Waals surface area contributed by atoms with Gasteiger partial charge in [-0.25, -0.2) is 8.42 Å². The summed E-state index contributed by atoms with van der Waals surface area (Å²) in [4.78, 5) is 21.8. The summed E-state index contributed by atoms with van der Waals surface area (Å²) in [6.07, 6.45) is 4.13. The SMILES string of the molecule is C[C@@H]1CN(C[C@@H]2CCCO2)CCN1C(=O)c1ccc(NS(=O)(=O)c2cccc3cccnc23)cc1. The molecule has 2 aliphatic heterocycles. The molecule has 0 unspecified atom stereocenters. The summed E-state index contributed by atoms with van der Waals surface area (Å²) >= 11 is 0. The van der Waals surface area contributed by atoms with E-state index in [0.29, 0.717) is 29.4 Å². The van der Waals surface area contributed by atoms with Crippen LogP contribution in [0.5, 0.6) is 0 Å². The first-order valence-electron chi connectivity index (χ1n) is 12.0. The first kappa shape index (κ1) is 23.7. The van der Waals surface area contributed by atoms with Crippen LogP contribution < -0.4 is 4.72 Å². The first-order valence-corrected chi connectivity index (χ1v) is 13.5. The van der Waals surface area contributed by atoms with E-state index in [4.69, 9.17) is 4.74 Å². The number of nitrogens with zero attached hydrogens (tertiary/aromatic N) is 3. The Balaban J connectivity index is 1.24. The van der Waals surface area contributed by atoms with Gasteiger partial charge >= 0.3 is 0 Å². The number of benzene rings is 2. The van der Waals surface area contributed by atoms with Gasteiger partial charge in [0.15, 0.2) is 0 Å².